The summed E-state index contributed by atoms with van der Waals surface area (Å²) in [5, 5.41) is 12.0. The van der Waals surface area contributed by atoms with Gasteiger partial charge in [-0.2, -0.15) is 11.3 Å². The zero-order chi connectivity index (χ0) is 29.6. The summed E-state index contributed by atoms with van der Waals surface area (Å²) in [5.74, 6) is 0.572. The number of rotatable bonds is 6. The van der Waals surface area contributed by atoms with Crippen molar-refractivity contribution >= 4 is 38.0 Å². The number of hydrogen-bond acceptors (Lipinski definition) is 4. The van der Waals surface area contributed by atoms with Crippen molar-refractivity contribution in [1.82, 2.24) is 4.98 Å². The summed E-state index contributed by atoms with van der Waals surface area (Å²) in [6, 6.07) is 38.5. The minimum Gasteiger partial charge on any atom is -0.512 e. The summed E-state index contributed by atoms with van der Waals surface area (Å²) in [5.41, 5.74) is 7.09. The van der Waals surface area contributed by atoms with E-state index < -0.39 is 0 Å². The molecule has 0 spiro atoms. The molecule has 4 aromatic carbocycles. The number of thiophene rings is 1. The molecular weight excluding hydrogens is 727 g/mol. The van der Waals surface area contributed by atoms with Gasteiger partial charge in [0.15, 0.2) is 5.78 Å². The van der Waals surface area contributed by atoms with E-state index in [0.717, 1.165) is 22.4 Å². The van der Waals surface area contributed by atoms with E-state index >= 15 is 0 Å². The second-order valence-electron chi connectivity index (χ2n) is 10.9. The molecule has 3 nitrogen and oxygen atoms in total. The molecule has 0 saturated carbocycles. The van der Waals surface area contributed by atoms with Crippen LogP contribution in [0.25, 0.3) is 53.7 Å². The molecule has 0 atom stereocenters. The molecule has 6 aromatic rings. The molecular formula is C38H34IrNO2S-. The van der Waals surface area contributed by atoms with Crippen molar-refractivity contribution < 1.29 is 30.0 Å². The van der Waals surface area contributed by atoms with Crippen LogP contribution in [0.3, 0.4) is 0 Å². The van der Waals surface area contributed by atoms with E-state index in [9.17, 15) is 4.79 Å². The van der Waals surface area contributed by atoms with Gasteiger partial charge in [0.05, 0.1) is 5.76 Å². The first-order valence-electron chi connectivity index (χ1n) is 14.1. The Bertz CT molecular complexity index is 1870. The minimum atomic E-state index is -0.125. The van der Waals surface area contributed by atoms with Crippen LogP contribution in [0.4, 0.5) is 0 Å². The molecule has 1 radical (unpaired) electrons. The number of carbonyl (C=O) groups is 1. The number of benzene rings is 4. The number of pyridine rings is 1. The fourth-order valence-electron chi connectivity index (χ4n) is 5.13. The maximum atomic E-state index is 10.0. The van der Waals surface area contributed by atoms with Gasteiger partial charge >= 0.3 is 0 Å². The van der Waals surface area contributed by atoms with Crippen molar-refractivity contribution in [2.24, 2.45) is 5.92 Å². The van der Waals surface area contributed by atoms with Gasteiger partial charge in [0.1, 0.15) is 0 Å². The smallest absolute Gasteiger partial charge is 0.155 e. The Morgan fingerprint density at radius 1 is 0.884 bits per heavy atom. The zero-order valence-electron chi connectivity index (χ0n) is 24.7. The van der Waals surface area contributed by atoms with E-state index in [0.29, 0.717) is 5.92 Å². The van der Waals surface area contributed by atoms with E-state index in [4.69, 9.17) is 10.1 Å². The van der Waals surface area contributed by atoms with Crippen LogP contribution in [0, 0.1) is 12.0 Å². The molecule has 2 aromatic heterocycles. The maximum Gasteiger partial charge on any atom is 0.155 e. The number of aliphatic hydroxyl groups excluding tert-OH is 1. The van der Waals surface area contributed by atoms with Gasteiger partial charge in [-0.05, 0) is 70.1 Å². The van der Waals surface area contributed by atoms with Crippen molar-refractivity contribution in [2.75, 3.05) is 0 Å². The summed E-state index contributed by atoms with van der Waals surface area (Å²) in [6.07, 6.45) is 4.18. The van der Waals surface area contributed by atoms with E-state index in [1.165, 1.54) is 63.2 Å². The number of ketones is 1. The van der Waals surface area contributed by atoms with E-state index in [-0.39, 0.29) is 31.6 Å². The normalized spacial score (nSPS) is 11.2. The molecule has 0 amide bonds. The number of allylic oxidation sites excluding steroid dienone is 2. The van der Waals surface area contributed by atoms with Crippen molar-refractivity contribution in [3.63, 3.8) is 0 Å². The summed E-state index contributed by atoms with van der Waals surface area (Å²) in [7, 11) is 0. The Labute approximate surface area is 271 Å². The predicted molar refractivity (Wildman–Crippen MR) is 178 cm³/mol. The third-order valence-electron chi connectivity index (χ3n) is 6.84. The molecule has 0 aliphatic carbocycles. The quantitative estimate of drug-likeness (QED) is 0.105. The van der Waals surface area contributed by atoms with Crippen LogP contribution in [-0.4, -0.2) is 15.9 Å². The topological polar surface area (TPSA) is 50.2 Å². The molecule has 0 fully saturated rings. The van der Waals surface area contributed by atoms with Gasteiger partial charge < -0.3 is 10.1 Å². The standard InChI is InChI=1S/C33H26NS.C5H8O2.Ir/c1-22(2)17-23-13-14-28-26(18-23)15-16-34-33(28)27-19-29(24-9-5-3-6-10-24)30-21-31(35-32(30)20-27)25-11-7-4-8-12-25;1-4(6)3-5(2)7;/h3-16,18-19,21-22H,17H2,1-2H3;3,6H,1-2H3;/q-1;;/b;4-3-;. The van der Waals surface area contributed by atoms with Crippen LogP contribution in [0.5, 0.6) is 0 Å². The van der Waals surface area contributed by atoms with E-state index in [1.54, 1.807) is 11.3 Å². The summed E-state index contributed by atoms with van der Waals surface area (Å²) in [4.78, 5) is 16.1. The fourth-order valence-corrected chi connectivity index (χ4v) is 6.22. The molecule has 0 unspecified atom stereocenters. The fraction of sp³-hybridized carbons (Fsp3) is 0.158. The van der Waals surface area contributed by atoms with Crippen LogP contribution < -0.4 is 0 Å². The number of nitrogens with zero attached hydrogens (tertiary/aromatic N) is 1. The summed E-state index contributed by atoms with van der Waals surface area (Å²) < 4.78 is 1.16. The third kappa shape index (κ3) is 7.94. The Morgan fingerprint density at radius 2 is 1.56 bits per heavy atom. The molecule has 43 heavy (non-hydrogen) atoms. The number of aliphatic hydroxyl groups is 1. The van der Waals surface area contributed by atoms with Gasteiger partial charge in [-0.1, -0.05) is 110 Å². The average Bonchev–Trinajstić information content (AvgIpc) is 3.41. The Kier molecular flexibility index (Phi) is 10.8. The number of hydrogen-bond donors (Lipinski definition) is 1. The molecule has 0 aliphatic rings. The Balaban J connectivity index is 0.000000475. The van der Waals surface area contributed by atoms with Crippen LogP contribution in [0.2, 0.25) is 0 Å². The van der Waals surface area contributed by atoms with Crippen LogP contribution in [0.15, 0.2) is 115 Å². The molecule has 2 heterocycles. The van der Waals surface area contributed by atoms with Gasteiger partial charge in [0.25, 0.3) is 0 Å². The largest absolute Gasteiger partial charge is 0.512 e. The van der Waals surface area contributed by atoms with Crippen LogP contribution in [-0.2, 0) is 31.3 Å². The zero-order valence-corrected chi connectivity index (χ0v) is 27.9. The van der Waals surface area contributed by atoms with Gasteiger partial charge in [-0.15, -0.1) is 17.7 Å². The molecule has 1 N–H and O–H groups in total. The number of carbonyl (C=O) groups excluding carboxylic acids is 1. The summed E-state index contributed by atoms with van der Waals surface area (Å²) in [6.45, 7) is 7.38. The number of fused-ring (bicyclic) bond motifs is 2. The first kappa shape index (κ1) is 32.0. The molecule has 6 rings (SSSR count). The number of aromatic nitrogens is 1. The SMILES string of the molecule is CC(=O)/C=C(/C)O.CC(C)Cc1ccc2c(-c3[c-]c4sc(-c5ccccc5)cc4c(-c4ccccc4)c3)nccc2c1.[Ir]. The molecule has 219 valence electrons. The minimum absolute atomic E-state index is 0. The molecule has 0 aliphatic heterocycles. The van der Waals surface area contributed by atoms with E-state index in [1.807, 2.05) is 6.20 Å². The Morgan fingerprint density at radius 3 is 2.16 bits per heavy atom. The van der Waals surface area contributed by atoms with Gasteiger partial charge in [-0.25, -0.2) is 0 Å². The first-order chi connectivity index (χ1) is 20.3. The molecule has 0 saturated heterocycles. The summed E-state index contributed by atoms with van der Waals surface area (Å²) >= 11 is 1.80. The van der Waals surface area contributed by atoms with Gasteiger partial charge in [0.2, 0.25) is 0 Å². The van der Waals surface area contributed by atoms with Crippen molar-refractivity contribution in [3.05, 3.63) is 127 Å². The van der Waals surface area contributed by atoms with Gasteiger partial charge in [0, 0.05) is 37.3 Å². The predicted octanol–water partition coefficient (Wildman–Crippen LogP) is 10.5. The second-order valence-corrected chi connectivity index (χ2v) is 11.9. The van der Waals surface area contributed by atoms with E-state index in [2.05, 4.69) is 117 Å². The van der Waals surface area contributed by atoms with Gasteiger partial charge in [-0.3, -0.25) is 4.79 Å². The Hall–Kier alpha value is -3.89. The first-order valence-corrected chi connectivity index (χ1v) is 15.0. The monoisotopic (exact) mass is 761 g/mol. The second kappa shape index (κ2) is 14.5. The molecule has 5 heteroatoms. The van der Waals surface area contributed by atoms with Crippen LogP contribution >= 0.6 is 11.3 Å². The van der Waals surface area contributed by atoms with Crippen molar-refractivity contribution in [1.29, 1.82) is 0 Å². The third-order valence-corrected chi connectivity index (χ3v) is 7.94. The maximum absolute atomic E-state index is 10.0. The molecule has 0 bridgehead atoms. The average molecular weight is 761 g/mol. The van der Waals surface area contributed by atoms with Crippen molar-refractivity contribution in [2.45, 2.75) is 34.1 Å². The van der Waals surface area contributed by atoms with Crippen molar-refractivity contribution in [3.8, 4) is 32.8 Å². The van der Waals surface area contributed by atoms with Crippen LogP contribution in [0.1, 0.15) is 33.3 Å².